The van der Waals surface area contributed by atoms with Crippen molar-refractivity contribution in [1.29, 1.82) is 0 Å². The Bertz CT molecular complexity index is 1410. The summed E-state index contributed by atoms with van der Waals surface area (Å²) in [7, 11) is 1.56. The Morgan fingerprint density at radius 1 is 1.11 bits per heavy atom. The smallest absolute Gasteiger partial charge is 0.289 e. The number of aromatic nitrogens is 2. The number of nitro groups is 1. The molecular formula is C26H23N5O5. The highest BCUT2D eigenvalue weighted by Gasteiger charge is 2.13. The summed E-state index contributed by atoms with van der Waals surface area (Å²) in [6, 6.07) is 21.0. The summed E-state index contributed by atoms with van der Waals surface area (Å²) in [5.74, 6) is 0.612. The molecule has 36 heavy (non-hydrogen) atoms. The number of hydrogen-bond acceptors (Lipinski definition) is 7. The molecule has 4 aromatic rings. The average Bonchev–Trinajstić information content (AvgIpc) is 3.39. The van der Waals surface area contributed by atoms with Crippen molar-refractivity contribution in [2.75, 3.05) is 7.11 Å². The third-order valence-corrected chi connectivity index (χ3v) is 5.26. The second kappa shape index (κ2) is 11.0. The van der Waals surface area contributed by atoms with E-state index in [0.717, 1.165) is 11.1 Å². The number of ether oxygens (including phenoxy) is 2. The number of amides is 1. The molecule has 0 unspecified atom stereocenters. The molecule has 0 fully saturated rings. The standard InChI is InChI=1S/C26H23N5O5/c1-17-6-8-18(9-7-17)16-36-24-11-10-20(13-25(24)35-2)22-14-23(29-28-22)26(32)30-27-15-19-4-3-5-21(12-19)31(33)34/h3-15H,16H2,1-2H3,(H,28,29)(H,30,32)/b27-15+. The van der Waals surface area contributed by atoms with Crippen molar-refractivity contribution >= 4 is 17.8 Å². The molecule has 10 nitrogen and oxygen atoms in total. The molecular weight excluding hydrogens is 462 g/mol. The quantitative estimate of drug-likeness (QED) is 0.202. The number of aryl methyl sites for hydroxylation is 1. The molecule has 0 aliphatic rings. The van der Waals surface area contributed by atoms with Crippen LogP contribution in [0.5, 0.6) is 11.5 Å². The molecule has 0 spiro atoms. The van der Waals surface area contributed by atoms with Gasteiger partial charge in [0, 0.05) is 23.3 Å². The van der Waals surface area contributed by atoms with E-state index in [0.29, 0.717) is 29.4 Å². The molecule has 2 N–H and O–H groups in total. The molecule has 182 valence electrons. The number of non-ortho nitro benzene ring substituents is 1. The van der Waals surface area contributed by atoms with E-state index >= 15 is 0 Å². The van der Waals surface area contributed by atoms with Gasteiger partial charge in [-0.2, -0.15) is 10.2 Å². The van der Waals surface area contributed by atoms with E-state index < -0.39 is 10.8 Å². The van der Waals surface area contributed by atoms with Crippen LogP contribution in [-0.4, -0.2) is 34.4 Å². The summed E-state index contributed by atoms with van der Waals surface area (Å²) in [6.45, 7) is 2.43. The molecule has 0 saturated carbocycles. The van der Waals surface area contributed by atoms with Gasteiger partial charge in [-0.25, -0.2) is 5.43 Å². The summed E-state index contributed by atoms with van der Waals surface area (Å²) in [5, 5.41) is 21.6. The molecule has 1 heterocycles. The summed E-state index contributed by atoms with van der Waals surface area (Å²) in [5.41, 5.74) is 6.47. The minimum Gasteiger partial charge on any atom is -0.493 e. The van der Waals surface area contributed by atoms with Gasteiger partial charge in [0.1, 0.15) is 12.3 Å². The zero-order valence-corrected chi connectivity index (χ0v) is 19.6. The molecule has 1 amide bonds. The number of nitrogens with one attached hydrogen (secondary N) is 2. The molecule has 0 atom stereocenters. The SMILES string of the molecule is COc1cc(-c2cc(C(=O)N/N=C/c3cccc([N+](=O)[O-])c3)[nH]n2)ccc1OCc1ccc(C)cc1. The fourth-order valence-electron chi connectivity index (χ4n) is 3.32. The number of aromatic amines is 1. The lowest BCUT2D eigenvalue weighted by molar-refractivity contribution is -0.384. The first-order valence-corrected chi connectivity index (χ1v) is 10.9. The monoisotopic (exact) mass is 485 g/mol. The number of nitrogens with zero attached hydrogens (tertiary/aromatic N) is 3. The predicted molar refractivity (Wildman–Crippen MR) is 134 cm³/mol. The van der Waals surface area contributed by atoms with E-state index in [1.54, 1.807) is 31.4 Å². The van der Waals surface area contributed by atoms with Crippen LogP contribution in [0.1, 0.15) is 27.2 Å². The molecule has 0 bridgehead atoms. The van der Waals surface area contributed by atoms with Gasteiger partial charge >= 0.3 is 0 Å². The summed E-state index contributed by atoms with van der Waals surface area (Å²) in [4.78, 5) is 22.8. The van der Waals surface area contributed by atoms with Gasteiger partial charge in [0.15, 0.2) is 11.5 Å². The fourth-order valence-corrected chi connectivity index (χ4v) is 3.32. The lowest BCUT2D eigenvalue weighted by Crippen LogP contribution is -2.18. The number of carbonyl (C=O) groups excluding carboxylic acids is 1. The Kier molecular flexibility index (Phi) is 7.35. The minimum atomic E-state index is -0.513. The normalized spacial score (nSPS) is 10.8. The number of nitro benzene ring substituents is 1. The lowest BCUT2D eigenvalue weighted by atomic mass is 10.1. The first kappa shape index (κ1) is 24.1. The molecule has 0 saturated heterocycles. The van der Waals surface area contributed by atoms with Crippen molar-refractivity contribution in [3.63, 3.8) is 0 Å². The van der Waals surface area contributed by atoms with Crippen LogP contribution in [-0.2, 0) is 6.61 Å². The largest absolute Gasteiger partial charge is 0.493 e. The zero-order valence-electron chi connectivity index (χ0n) is 19.6. The number of hydrazone groups is 1. The van der Waals surface area contributed by atoms with Crippen molar-refractivity contribution in [1.82, 2.24) is 15.6 Å². The third kappa shape index (κ3) is 5.92. The Hall–Kier alpha value is -4.99. The van der Waals surface area contributed by atoms with Crippen LogP contribution >= 0.6 is 0 Å². The molecule has 0 radical (unpaired) electrons. The maximum Gasteiger partial charge on any atom is 0.289 e. The van der Waals surface area contributed by atoms with Crippen LogP contribution in [0.25, 0.3) is 11.3 Å². The summed E-state index contributed by atoms with van der Waals surface area (Å²) >= 11 is 0. The lowest BCUT2D eigenvalue weighted by Gasteiger charge is -2.12. The number of H-pyrrole nitrogens is 1. The molecule has 3 aromatic carbocycles. The Morgan fingerprint density at radius 3 is 2.67 bits per heavy atom. The second-order valence-corrected chi connectivity index (χ2v) is 7.86. The van der Waals surface area contributed by atoms with E-state index in [1.165, 1.54) is 30.0 Å². The van der Waals surface area contributed by atoms with E-state index in [1.807, 2.05) is 37.3 Å². The highest BCUT2D eigenvalue weighted by Crippen LogP contribution is 2.32. The van der Waals surface area contributed by atoms with Crippen LogP contribution in [0, 0.1) is 17.0 Å². The fraction of sp³-hybridized carbons (Fsp3) is 0.115. The van der Waals surface area contributed by atoms with Gasteiger partial charge in [0.05, 0.1) is 23.9 Å². The molecule has 10 heteroatoms. The Balaban J connectivity index is 1.41. The van der Waals surface area contributed by atoms with Crippen LogP contribution in [0.4, 0.5) is 5.69 Å². The van der Waals surface area contributed by atoms with E-state index in [2.05, 4.69) is 20.7 Å². The average molecular weight is 486 g/mol. The minimum absolute atomic E-state index is 0.0644. The molecule has 0 aliphatic heterocycles. The Morgan fingerprint density at radius 2 is 1.92 bits per heavy atom. The van der Waals surface area contributed by atoms with Crippen molar-refractivity contribution in [2.45, 2.75) is 13.5 Å². The van der Waals surface area contributed by atoms with E-state index in [9.17, 15) is 14.9 Å². The van der Waals surface area contributed by atoms with Crippen LogP contribution in [0.15, 0.2) is 77.9 Å². The van der Waals surface area contributed by atoms with Gasteiger partial charge in [0.25, 0.3) is 11.6 Å². The number of rotatable bonds is 9. The van der Waals surface area contributed by atoms with Crippen LogP contribution in [0.2, 0.25) is 0 Å². The molecule has 4 rings (SSSR count). The van der Waals surface area contributed by atoms with Gasteiger partial charge in [0.2, 0.25) is 0 Å². The highest BCUT2D eigenvalue weighted by molar-refractivity contribution is 5.94. The first-order chi connectivity index (χ1) is 17.4. The van der Waals surface area contributed by atoms with Crippen LogP contribution < -0.4 is 14.9 Å². The number of hydrogen-bond donors (Lipinski definition) is 2. The predicted octanol–water partition coefficient (Wildman–Crippen LogP) is 4.64. The maximum absolute atomic E-state index is 12.4. The maximum atomic E-state index is 12.4. The molecule has 0 aliphatic carbocycles. The van der Waals surface area contributed by atoms with Gasteiger partial charge in [-0.3, -0.25) is 20.0 Å². The number of benzene rings is 3. The van der Waals surface area contributed by atoms with Crippen molar-refractivity contribution in [3.8, 4) is 22.8 Å². The van der Waals surface area contributed by atoms with Crippen LogP contribution in [0.3, 0.4) is 0 Å². The van der Waals surface area contributed by atoms with Gasteiger partial charge in [-0.05, 0) is 36.8 Å². The number of methoxy groups -OCH3 is 1. The first-order valence-electron chi connectivity index (χ1n) is 10.9. The summed E-state index contributed by atoms with van der Waals surface area (Å²) < 4.78 is 11.4. The third-order valence-electron chi connectivity index (χ3n) is 5.26. The van der Waals surface area contributed by atoms with Gasteiger partial charge in [-0.1, -0.05) is 42.0 Å². The van der Waals surface area contributed by atoms with Crippen molar-refractivity contribution < 1.29 is 19.2 Å². The number of carbonyl (C=O) groups is 1. The Labute approximate surface area is 206 Å². The second-order valence-electron chi connectivity index (χ2n) is 7.86. The van der Waals surface area contributed by atoms with E-state index in [4.69, 9.17) is 9.47 Å². The van der Waals surface area contributed by atoms with Crippen molar-refractivity contribution in [2.24, 2.45) is 5.10 Å². The zero-order chi connectivity index (χ0) is 25.5. The van der Waals surface area contributed by atoms with E-state index in [-0.39, 0.29) is 11.4 Å². The molecule has 1 aromatic heterocycles. The summed E-state index contributed by atoms with van der Waals surface area (Å²) in [6.07, 6.45) is 1.32. The van der Waals surface area contributed by atoms with Gasteiger partial charge in [-0.15, -0.1) is 0 Å². The van der Waals surface area contributed by atoms with Crippen molar-refractivity contribution in [3.05, 3.63) is 105 Å². The topological polar surface area (TPSA) is 132 Å². The van der Waals surface area contributed by atoms with Gasteiger partial charge < -0.3 is 9.47 Å². The highest BCUT2D eigenvalue weighted by atomic mass is 16.6.